The average Bonchev–Trinajstić information content (AvgIpc) is 2.87. The van der Waals surface area contributed by atoms with E-state index in [0.717, 1.165) is 44.8 Å². The van der Waals surface area contributed by atoms with Crippen LogP contribution in [0.15, 0.2) is 0 Å². The summed E-state index contributed by atoms with van der Waals surface area (Å²) >= 11 is 0. The van der Waals surface area contributed by atoms with Gasteiger partial charge in [-0.3, -0.25) is 4.79 Å². The second kappa shape index (κ2) is 17.8. The van der Waals surface area contributed by atoms with E-state index in [9.17, 15) is 35.4 Å². The summed E-state index contributed by atoms with van der Waals surface area (Å²) in [6, 6.07) is 0. The number of unbranched alkanes of at least 4 members (excludes halogenated alkanes) is 7. The quantitative estimate of drug-likeness (QED) is 0.124. The average molecular weight is 535 g/mol. The summed E-state index contributed by atoms with van der Waals surface area (Å²) in [6.07, 6.45) is 1.59. The fourth-order valence-corrected chi connectivity index (χ4v) is 4.92. The van der Waals surface area contributed by atoms with Gasteiger partial charge >= 0.3 is 0 Å². The van der Waals surface area contributed by atoms with Gasteiger partial charge in [0, 0.05) is 24.7 Å². The Morgan fingerprint density at radius 1 is 0.919 bits per heavy atom. The first kappa shape index (κ1) is 32.5. The number of hydrogen-bond acceptors (Lipinski definition) is 10. The Bertz CT molecular complexity index is 614. The number of Topliss-reactive ketones (excluding diaryl/α,β-unsaturated/α-hetero) is 1. The Morgan fingerprint density at radius 2 is 1.54 bits per heavy atom. The van der Waals surface area contributed by atoms with Gasteiger partial charge in [0.05, 0.1) is 38.6 Å². The Labute approximate surface area is 220 Å². The van der Waals surface area contributed by atoms with Gasteiger partial charge < -0.3 is 44.8 Å². The van der Waals surface area contributed by atoms with E-state index >= 15 is 0 Å². The van der Waals surface area contributed by atoms with E-state index in [-0.39, 0.29) is 18.8 Å². The van der Waals surface area contributed by atoms with Crippen LogP contribution in [0, 0.1) is 11.8 Å². The van der Waals surface area contributed by atoms with Crippen molar-refractivity contribution in [2.75, 3.05) is 26.4 Å². The molecule has 37 heavy (non-hydrogen) atoms. The van der Waals surface area contributed by atoms with Gasteiger partial charge in [-0.15, -0.1) is 0 Å². The number of aliphatic hydroxyl groups excluding tert-OH is 6. The smallest absolute Gasteiger partial charge is 0.186 e. The molecule has 0 aromatic heterocycles. The molecule has 5 unspecified atom stereocenters. The minimum atomic E-state index is -1.58. The minimum absolute atomic E-state index is 0.00167. The van der Waals surface area contributed by atoms with E-state index < -0.39 is 55.4 Å². The first-order valence-electron chi connectivity index (χ1n) is 14.2. The van der Waals surface area contributed by atoms with Crippen molar-refractivity contribution in [1.29, 1.82) is 0 Å². The Morgan fingerprint density at radius 3 is 2.11 bits per heavy atom. The Hall–Kier alpha value is -0.690. The lowest BCUT2D eigenvalue weighted by atomic mass is 9.90. The van der Waals surface area contributed by atoms with Crippen molar-refractivity contribution in [3.63, 3.8) is 0 Å². The molecule has 0 bridgehead atoms. The molecule has 0 radical (unpaired) electrons. The fourth-order valence-electron chi connectivity index (χ4n) is 4.92. The highest BCUT2D eigenvalue weighted by Gasteiger charge is 2.44. The minimum Gasteiger partial charge on any atom is -0.394 e. The largest absolute Gasteiger partial charge is 0.394 e. The van der Waals surface area contributed by atoms with E-state index in [2.05, 4.69) is 0 Å². The number of carbonyl (C=O) groups excluding carboxylic acids is 1. The zero-order valence-corrected chi connectivity index (χ0v) is 22.3. The van der Waals surface area contributed by atoms with Gasteiger partial charge in [-0.2, -0.15) is 0 Å². The molecule has 2 aliphatic heterocycles. The van der Waals surface area contributed by atoms with Crippen LogP contribution in [0.3, 0.4) is 0 Å². The topological polar surface area (TPSA) is 166 Å². The van der Waals surface area contributed by atoms with E-state index in [4.69, 9.17) is 14.2 Å². The van der Waals surface area contributed by atoms with Crippen LogP contribution in [0.4, 0.5) is 0 Å². The monoisotopic (exact) mass is 534 g/mol. The molecule has 6 N–H and O–H groups in total. The van der Waals surface area contributed by atoms with Crippen LogP contribution in [0.5, 0.6) is 0 Å². The van der Waals surface area contributed by atoms with Gasteiger partial charge in [0.2, 0.25) is 0 Å². The number of ether oxygens (including phenoxy) is 3. The highest BCUT2D eigenvalue weighted by Crippen LogP contribution is 2.25. The van der Waals surface area contributed by atoms with Crippen LogP contribution in [-0.4, -0.2) is 106 Å². The van der Waals surface area contributed by atoms with Crippen molar-refractivity contribution in [3.05, 3.63) is 0 Å². The molecule has 0 amide bonds. The van der Waals surface area contributed by atoms with E-state index in [0.29, 0.717) is 12.8 Å². The molecule has 2 fully saturated rings. The van der Waals surface area contributed by atoms with Crippen molar-refractivity contribution >= 4 is 5.78 Å². The lowest BCUT2D eigenvalue weighted by Gasteiger charge is -2.40. The van der Waals surface area contributed by atoms with Crippen LogP contribution >= 0.6 is 0 Å². The zero-order chi connectivity index (χ0) is 27.2. The Balaban J connectivity index is 1.67. The third kappa shape index (κ3) is 11.1. The van der Waals surface area contributed by atoms with Crippen LogP contribution in [-0.2, 0) is 19.0 Å². The fraction of sp³-hybridized carbons (Fsp3) is 0.963. The molecule has 218 valence electrons. The van der Waals surface area contributed by atoms with Gasteiger partial charge in [0.1, 0.15) is 30.2 Å². The number of hydrogen-bond donors (Lipinski definition) is 6. The second-order valence-corrected chi connectivity index (χ2v) is 10.8. The summed E-state index contributed by atoms with van der Waals surface area (Å²) in [4.78, 5) is 12.6. The normalized spacial score (nSPS) is 29.0. The van der Waals surface area contributed by atoms with Crippen molar-refractivity contribution in [2.45, 2.75) is 127 Å². The van der Waals surface area contributed by atoms with Gasteiger partial charge in [-0.1, -0.05) is 51.9 Å². The van der Waals surface area contributed by atoms with Crippen LogP contribution < -0.4 is 0 Å². The summed E-state index contributed by atoms with van der Waals surface area (Å²) in [5, 5.41) is 60.1. The molecule has 2 rings (SSSR count). The SMILES string of the molecule is CC[C@@H](O)[C@@H](O)[C@H](COC1OC(CO)C(O)C(O)C1O)CC(=O)CCCCCCCCCCC1COC1. The van der Waals surface area contributed by atoms with Crippen molar-refractivity contribution in [3.8, 4) is 0 Å². The van der Waals surface area contributed by atoms with Gasteiger partial charge in [-0.05, 0) is 19.3 Å². The van der Waals surface area contributed by atoms with E-state index in [1.807, 2.05) is 0 Å². The summed E-state index contributed by atoms with van der Waals surface area (Å²) in [7, 11) is 0. The predicted octanol–water partition coefficient (Wildman–Crippen LogP) is 1.06. The van der Waals surface area contributed by atoms with Crippen LogP contribution in [0.1, 0.15) is 84.0 Å². The number of carbonyl (C=O) groups is 1. The molecular weight excluding hydrogens is 484 g/mol. The molecule has 2 saturated heterocycles. The first-order valence-corrected chi connectivity index (χ1v) is 14.2. The van der Waals surface area contributed by atoms with E-state index in [1.165, 1.54) is 32.1 Å². The highest BCUT2D eigenvalue weighted by atomic mass is 16.7. The molecule has 0 spiro atoms. The number of aliphatic hydroxyl groups is 6. The standard InChI is InChI=1S/C27H50O10/c1-2-21(30)23(31)19(17-36-27-26(34)25(33)24(32)22(14-28)37-27)13-20(29)12-10-8-6-4-3-5-7-9-11-18-15-35-16-18/h18-19,21-28,30-34H,2-17H2,1H3/t19-,21+,22?,23-,24?,25?,26?,27?/m0/s1. The predicted molar refractivity (Wildman–Crippen MR) is 136 cm³/mol. The summed E-state index contributed by atoms with van der Waals surface area (Å²) in [6.45, 7) is 2.79. The van der Waals surface area contributed by atoms with Gasteiger partial charge in [-0.25, -0.2) is 0 Å². The molecule has 8 atom stereocenters. The molecule has 0 aliphatic carbocycles. The second-order valence-electron chi connectivity index (χ2n) is 10.8. The molecule has 0 aromatic rings. The van der Waals surface area contributed by atoms with Crippen molar-refractivity contribution < 1.29 is 49.6 Å². The van der Waals surface area contributed by atoms with E-state index in [1.54, 1.807) is 6.92 Å². The first-order chi connectivity index (χ1) is 17.8. The van der Waals surface area contributed by atoms with Crippen LogP contribution in [0.25, 0.3) is 0 Å². The lowest BCUT2D eigenvalue weighted by molar-refractivity contribution is -0.304. The maximum atomic E-state index is 12.6. The highest BCUT2D eigenvalue weighted by molar-refractivity contribution is 5.78. The van der Waals surface area contributed by atoms with Gasteiger partial charge in [0.25, 0.3) is 0 Å². The molecule has 2 heterocycles. The molecule has 2 aliphatic rings. The van der Waals surface area contributed by atoms with Crippen molar-refractivity contribution in [2.24, 2.45) is 11.8 Å². The van der Waals surface area contributed by atoms with Crippen LogP contribution in [0.2, 0.25) is 0 Å². The third-order valence-corrected chi connectivity index (χ3v) is 7.63. The summed E-state index contributed by atoms with van der Waals surface area (Å²) in [5.74, 6) is 0.00817. The van der Waals surface area contributed by atoms with Crippen molar-refractivity contribution in [1.82, 2.24) is 0 Å². The summed E-state index contributed by atoms with van der Waals surface area (Å²) in [5.41, 5.74) is 0. The lowest BCUT2D eigenvalue weighted by Crippen LogP contribution is -2.59. The Kier molecular flexibility index (Phi) is 15.7. The molecule has 0 saturated carbocycles. The molecule has 0 aromatic carbocycles. The maximum Gasteiger partial charge on any atom is 0.186 e. The molecule has 10 nitrogen and oxygen atoms in total. The third-order valence-electron chi connectivity index (χ3n) is 7.63. The molecule has 10 heteroatoms. The maximum absolute atomic E-state index is 12.6. The molecular formula is C27H50O10. The summed E-state index contributed by atoms with van der Waals surface area (Å²) < 4.78 is 16.1. The van der Waals surface area contributed by atoms with Gasteiger partial charge in [0.15, 0.2) is 6.29 Å². The number of ketones is 1. The number of rotatable bonds is 20. The zero-order valence-electron chi connectivity index (χ0n) is 22.3.